The lowest BCUT2D eigenvalue weighted by Gasteiger charge is -2.22. The van der Waals surface area contributed by atoms with Crippen LogP contribution in [0.3, 0.4) is 0 Å². The van der Waals surface area contributed by atoms with Crippen LogP contribution in [-0.4, -0.2) is 59.4 Å². The van der Waals surface area contributed by atoms with Gasteiger partial charge in [-0.2, -0.15) is 5.10 Å². The van der Waals surface area contributed by atoms with E-state index in [-0.39, 0.29) is 37.9 Å². The van der Waals surface area contributed by atoms with E-state index in [1.54, 1.807) is 35.0 Å². The van der Waals surface area contributed by atoms with Gasteiger partial charge >= 0.3 is 0 Å². The molecule has 190 valence electrons. The summed E-state index contributed by atoms with van der Waals surface area (Å²) in [5.41, 5.74) is 2.28. The molecule has 2 aromatic carbocycles. The van der Waals surface area contributed by atoms with Crippen molar-refractivity contribution in [1.82, 2.24) is 14.7 Å². The smallest absolute Gasteiger partial charge is 0.244 e. The molecular weight excluding hydrogens is 484 g/mol. The SMILES string of the molecule is Cc1nn(C)cc1CCC(=O)N1CCOCCOc2ccccc2Oc2ccc(Cl)cc2NC(=O)C1. The Kier molecular flexibility index (Phi) is 8.45. The van der Waals surface area contributed by atoms with Crippen molar-refractivity contribution in [3.05, 3.63) is 64.9 Å². The fourth-order valence-corrected chi connectivity index (χ4v) is 4.07. The summed E-state index contributed by atoms with van der Waals surface area (Å²) < 4.78 is 19.3. The lowest BCUT2D eigenvalue weighted by atomic mass is 10.1. The highest BCUT2D eigenvalue weighted by molar-refractivity contribution is 6.31. The van der Waals surface area contributed by atoms with Crippen molar-refractivity contribution in [1.29, 1.82) is 0 Å². The van der Waals surface area contributed by atoms with Gasteiger partial charge < -0.3 is 24.4 Å². The van der Waals surface area contributed by atoms with Crippen molar-refractivity contribution in [3.63, 3.8) is 0 Å². The van der Waals surface area contributed by atoms with Gasteiger partial charge in [-0.15, -0.1) is 0 Å². The van der Waals surface area contributed by atoms with E-state index < -0.39 is 0 Å². The number of aromatic nitrogens is 2. The predicted molar refractivity (Wildman–Crippen MR) is 136 cm³/mol. The second-order valence-electron chi connectivity index (χ2n) is 8.43. The number of nitrogens with one attached hydrogen (secondary N) is 1. The van der Waals surface area contributed by atoms with Crippen LogP contribution in [0, 0.1) is 6.92 Å². The van der Waals surface area contributed by atoms with E-state index in [9.17, 15) is 9.59 Å². The number of benzene rings is 2. The van der Waals surface area contributed by atoms with Crippen LogP contribution < -0.4 is 14.8 Å². The minimum Gasteiger partial charge on any atom is -0.487 e. The predicted octanol–water partition coefficient (Wildman–Crippen LogP) is 3.98. The van der Waals surface area contributed by atoms with Gasteiger partial charge in [0, 0.05) is 31.2 Å². The number of anilines is 1. The maximum atomic E-state index is 13.1. The number of nitrogens with zero attached hydrogens (tertiary/aromatic N) is 3. The molecule has 10 heteroatoms. The molecule has 2 heterocycles. The largest absolute Gasteiger partial charge is 0.487 e. The molecule has 0 atom stereocenters. The summed E-state index contributed by atoms with van der Waals surface area (Å²) in [5, 5.41) is 7.60. The number of rotatable bonds is 3. The Balaban J connectivity index is 1.52. The summed E-state index contributed by atoms with van der Waals surface area (Å²) >= 11 is 6.19. The van der Waals surface area contributed by atoms with E-state index in [0.717, 1.165) is 11.3 Å². The normalized spacial score (nSPS) is 14.9. The summed E-state index contributed by atoms with van der Waals surface area (Å²) in [6.07, 6.45) is 2.70. The van der Waals surface area contributed by atoms with Gasteiger partial charge in [0.15, 0.2) is 17.2 Å². The molecule has 2 amide bonds. The number of para-hydroxylation sites is 2. The average molecular weight is 513 g/mol. The molecule has 1 aliphatic rings. The van der Waals surface area contributed by atoms with Gasteiger partial charge in [0.05, 0.1) is 31.1 Å². The molecule has 0 bridgehead atoms. The van der Waals surface area contributed by atoms with Crippen LogP contribution in [-0.2, 0) is 27.8 Å². The molecule has 0 saturated heterocycles. The maximum absolute atomic E-state index is 13.1. The lowest BCUT2D eigenvalue weighted by molar-refractivity contribution is -0.135. The molecule has 0 saturated carbocycles. The number of amides is 2. The highest BCUT2D eigenvalue weighted by atomic mass is 35.5. The second kappa shape index (κ2) is 11.9. The standard InChI is InChI=1S/C26H29ClN4O5/c1-18-19(16-30(2)29-18)7-10-26(33)31-11-12-34-13-14-35-23-5-3-4-6-24(23)36-22-9-8-20(27)15-21(22)28-25(32)17-31/h3-6,8-9,15-16H,7,10-14,17H2,1-2H3,(H,28,32). The van der Waals surface area contributed by atoms with Crippen molar-refractivity contribution in [2.45, 2.75) is 19.8 Å². The van der Waals surface area contributed by atoms with E-state index >= 15 is 0 Å². The molecular formula is C26H29ClN4O5. The average Bonchev–Trinajstić information content (AvgIpc) is 3.17. The number of aryl methyl sites for hydroxylation is 3. The number of hydrogen-bond acceptors (Lipinski definition) is 6. The highest BCUT2D eigenvalue weighted by Crippen LogP contribution is 2.36. The van der Waals surface area contributed by atoms with Crippen LogP contribution in [0.4, 0.5) is 5.69 Å². The zero-order chi connectivity index (χ0) is 25.5. The van der Waals surface area contributed by atoms with E-state index in [1.807, 2.05) is 32.3 Å². The van der Waals surface area contributed by atoms with E-state index in [0.29, 0.717) is 47.6 Å². The van der Waals surface area contributed by atoms with Crippen LogP contribution in [0.15, 0.2) is 48.7 Å². The number of halogens is 1. The van der Waals surface area contributed by atoms with E-state index in [2.05, 4.69) is 10.4 Å². The quantitative estimate of drug-likeness (QED) is 0.570. The molecule has 0 fully saturated rings. The van der Waals surface area contributed by atoms with Gasteiger partial charge in [-0.3, -0.25) is 14.3 Å². The topological polar surface area (TPSA) is 94.9 Å². The third-order valence-corrected chi connectivity index (χ3v) is 5.92. The van der Waals surface area contributed by atoms with Gasteiger partial charge in [0.25, 0.3) is 0 Å². The number of carbonyl (C=O) groups excluding carboxylic acids is 2. The van der Waals surface area contributed by atoms with Crippen LogP contribution >= 0.6 is 11.6 Å². The molecule has 0 spiro atoms. The van der Waals surface area contributed by atoms with Crippen molar-refractivity contribution in [2.75, 3.05) is 38.2 Å². The summed E-state index contributed by atoms with van der Waals surface area (Å²) in [6, 6.07) is 12.2. The highest BCUT2D eigenvalue weighted by Gasteiger charge is 2.20. The zero-order valence-electron chi connectivity index (χ0n) is 20.3. The first kappa shape index (κ1) is 25.5. The van der Waals surface area contributed by atoms with Crippen molar-refractivity contribution >= 4 is 29.1 Å². The summed E-state index contributed by atoms with van der Waals surface area (Å²) in [4.78, 5) is 27.6. The molecule has 9 nitrogen and oxygen atoms in total. The minimum atomic E-state index is -0.368. The van der Waals surface area contributed by atoms with Crippen LogP contribution in [0.1, 0.15) is 17.7 Å². The van der Waals surface area contributed by atoms with Crippen molar-refractivity contribution in [3.8, 4) is 17.2 Å². The van der Waals surface area contributed by atoms with Gasteiger partial charge in [-0.05, 0) is 49.2 Å². The van der Waals surface area contributed by atoms with Crippen LogP contribution in [0.2, 0.25) is 5.02 Å². The third kappa shape index (κ3) is 6.77. The number of hydrogen-bond donors (Lipinski definition) is 1. The first-order valence-electron chi connectivity index (χ1n) is 11.7. The first-order valence-corrected chi connectivity index (χ1v) is 12.1. The van der Waals surface area contributed by atoms with Gasteiger partial charge in [0.2, 0.25) is 11.8 Å². The van der Waals surface area contributed by atoms with Gasteiger partial charge in [-0.25, -0.2) is 0 Å². The van der Waals surface area contributed by atoms with Crippen molar-refractivity contribution < 1.29 is 23.8 Å². The summed E-state index contributed by atoms with van der Waals surface area (Å²) in [6.45, 7) is 2.95. The fraction of sp³-hybridized carbons (Fsp3) is 0.346. The first-order chi connectivity index (χ1) is 17.4. The van der Waals surface area contributed by atoms with Crippen LogP contribution in [0.25, 0.3) is 0 Å². The molecule has 36 heavy (non-hydrogen) atoms. The Labute approximate surface area is 214 Å². The van der Waals surface area contributed by atoms with Crippen molar-refractivity contribution in [2.24, 2.45) is 7.05 Å². The van der Waals surface area contributed by atoms with E-state index in [1.165, 1.54) is 4.90 Å². The monoisotopic (exact) mass is 512 g/mol. The number of fused-ring (bicyclic) bond motifs is 2. The molecule has 0 unspecified atom stereocenters. The number of carbonyl (C=O) groups is 2. The van der Waals surface area contributed by atoms with Gasteiger partial charge in [0.1, 0.15) is 6.61 Å². The minimum absolute atomic E-state index is 0.132. The molecule has 1 aromatic heterocycles. The zero-order valence-corrected chi connectivity index (χ0v) is 21.1. The van der Waals surface area contributed by atoms with Gasteiger partial charge in [-0.1, -0.05) is 23.7 Å². The molecule has 3 aromatic rings. The second-order valence-corrected chi connectivity index (χ2v) is 8.86. The number of ether oxygens (including phenoxy) is 3. The Bertz CT molecular complexity index is 1230. The Morgan fingerprint density at radius 3 is 2.69 bits per heavy atom. The Hall–Kier alpha value is -3.56. The maximum Gasteiger partial charge on any atom is 0.244 e. The molecule has 0 radical (unpaired) electrons. The Morgan fingerprint density at radius 2 is 1.92 bits per heavy atom. The molecule has 4 rings (SSSR count). The van der Waals surface area contributed by atoms with E-state index in [4.69, 9.17) is 25.8 Å². The fourth-order valence-electron chi connectivity index (χ4n) is 3.90. The lowest BCUT2D eigenvalue weighted by Crippen LogP contribution is -2.40. The molecule has 1 N–H and O–H groups in total. The summed E-state index contributed by atoms with van der Waals surface area (Å²) in [5.74, 6) is 0.929. The summed E-state index contributed by atoms with van der Waals surface area (Å²) in [7, 11) is 1.85. The molecule has 0 aliphatic carbocycles. The van der Waals surface area contributed by atoms with Crippen LogP contribution in [0.5, 0.6) is 17.2 Å². The molecule has 1 aliphatic heterocycles. The third-order valence-electron chi connectivity index (χ3n) is 5.69. The Morgan fingerprint density at radius 1 is 1.11 bits per heavy atom.